The fourth-order valence-corrected chi connectivity index (χ4v) is 1.21. The lowest BCUT2D eigenvalue weighted by Crippen LogP contribution is -2.47. The molecule has 1 atom stereocenters. The number of nitrogens with zero attached hydrogens (tertiary/aromatic N) is 2. The number of carboxylic acids is 1. The molecular formula is C10H13N5O4. The van der Waals surface area contributed by atoms with Crippen molar-refractivity contribution in [1.82, 2.24) is 20.8 Å². The summed E-state index contributed by atoms with van der Waals surface area (Å²) in [6, 6.07) is 1.19. The van der Waals surface area contributed by atoms with Gasteiger partial charge in [0.1, 0.15) is 6.04 Å². The van der Waals surface area contributed by atoms with E-state index in [0.29, 0.717) is 5.69 Å². The van der Waals surface area contributed by atoms with Crippen LogP contribution in [0.5, 0.6) is 0 Å². The number of aliphatic carboxylic acids is 1. The first-order chi connectivity index (χ1) is 8.99. The molecule has 0 aliphatic heterocycles. The average Bonchev–Trinajstić information content (AvgIpc) is 2.36. The van der Waals surface area contributed by atoms with Gasteiger partial charge in [0, 0.05) is 6.20 Å². The molecule has 9 heteroatoms. The van der Waals surface area contributed by atoms with Gasteiger partial charge in [-0.1, -0.05) is 0 Å². The minimum absolute atomic E-state index is 0.0859. The number of aromatic nitrogens is 2. The maximum Gasteiger partial charge on any atom is 0.326 e. The Morgan fingerprint density at radius 3 is 2.68 bits per heavy atom. The molecule has 0 saturated heterocycles. The van der Waals surface area contributed by atoms with Crippen LogP contribution in [0.1, 0.15) is 12.1 Å². The third kappa shape index (κ3) is 5.44. The molecule has 1 rings (SSSR count). The van der Waals surface area contributed by atoms with Crippen LogP contribution in [0.15, 0.2) is 18.3 Å². The Hall–Kier alpha value is -2.71. The van der Waals surface area contributed by atoms with Crippen LogP contribution >= 0.6 is 0 Å². The monoisotopic (exact) mass is 267 g/mol. The van der Waals surface area contributed by atoms with Crippen molar-refractivity contribution < 1.29 is 19.5 Å². The van der Waals surface area contributed by atoms with Crippen LogP contribution in [0.25, 0.3) is 0 Å². The number of rotatable bonds is 6. The molecule has 0 saturated carbocycles. The van der Waals surface area contributed by atoms with Crippen LogP contribution in [-0.2, 0) is 16.1 Å². The summed E-state index contributed by atoms with van der Waals surface area (Å²) in [5.74, 6) is -2.16. The number of primary amides is 1. The summed E-state index contributed by atoms with van der Waals surface area (Å²) in [4.78, 5) is 32.8. The van der Waals surface area contributed by atoms with Gasteiger partial charge in [0.2, 0.25) is 5.91 Å². The first-order valence-electron chi connectivity index (χ1n) is 5.31. The van der Waals surface area contributed by atoms with Crippen LogP contribution in [0.2, 0.25) is 0 Å². The van der Waals surface area contributed by atoms with E-state index in [0.717, 1.165) is 0 Å². The number of carboxylic acid groups (broad SMARTS) is 1. The van der Waals surface area contributed by atoms with Gasteiger partial charge in [0.25, 0.3) is 0 Å². The number of carbonyl (C=O) groups is 3. The molecule has 0 aliphatic carbocycles. The highest BCUT2D eigenvalue weighted by molar-refractivity contribution is 5.87. The van der Waals surface area contributed by atoms with E-state index in [9.17, 15) is 14.4 Å². The van der Waals surface area contributed by atoms with Crippen LogP contribution in [0, 0.1) is 0 Å². The molecule has 9 nitrogen and oxygen atoms in total. The van der Waals surface area contributed by atoms with Gasteiger partial charge in [0.15, 0.2) is 0 Å². The topological polar surface area (TPSA) is 147 Å². The van der Waals surface area contributed by atoms with E-state index < -0.39 is 30.4 Å². The standard InChI is InChI=1S/C10H13N5O4/c11-8(16)4-7(9(17)18)14-10(19)12-5-6-2-1-3-13-15-6/h1-3,7H,4-5H2,(H2,11,16)(H,17,18)(H2,12,14,19). The van der Waals surface area contributed by atoms with Gasteiger partial charge in [-0.2, -0.15) is 10.2 Å². The fraction of sp³-hybridized carbons (Fsp3) is 0.300. The molecule has 1 unspecified atom stereocenters. The molecule has 3 amide bonds. The van der Waals surface area contributed by atoms with Gasteiger partial charge >= 0.3 is 12.0 Å². The van der Waals surface area contributed by atoms with Gasteiger partial charge < -0.3 is 21.5 Å². The lowest BCUT2D eigenvalue weighted by atomic mass is 10.2. The number of carbonyl (C=O) groups excluding carboxylic acids is 2. The molecule has 1 aromatic rings. The van der Waals surface area contributed by atoms with Crippen molar-refractivity contribution in [3.63, 3.8) is 0 Å². The summed E-state index contributed by atoms with van der Waals surface area (Å²) in [5, 5.41) is 20.6. The predicted molar refractivity (Wildman–Crippen MR) is 62.6 cm³/mol. The molecule has 5 N–H and O–H groups in total. The third-order valence-electron chi connectivity index (χ3n) is 2.07. The van der Waals surface area contributed by atoms with Crippen molar-refractivity contribution in [3.05, 3.63) is 24.0 Å². The second kappa shape index (κ2) is 6.89. The Morgan fingerprint density at radius 1 is 1.42 bits per heavy atom. The van der Waals surface area contributed by atoms with Crippen LogP contribution in [0.3, 0.4) is 0 Å². The molecule has 0 aliphatic rings. The molecule has 19 heavy (non-hydrogen) atoms. The van der Waals surface area contributed by atoms with Gasteiger partial charge in [-0.05, 0) is 12.1 Å². The Bertz CT molecular complexity index is 464. The highest BCUT2D eigenvalue weighted by Crippen LogP contribution is 1.93. The summed E-state index contributed by atoms with van der Waals surface area (Å²) in [6.45, 7) is 0.0859. The lowest BCUT2D eigenvalue weighted by molar-refractivity contribution is -0.140. The maximum absolute atomic E-state index is 11.4. The van der Waals surface area contributed by atoms with E-state index in [-0.39, 0.29) is 6.54 Å². The van der Waals surface area contributed by atoms with Crippen molar-refractivity contribution in [3.8, 4) is 0 Å². The van der Waals surface area contributed by atoms with E-state index in [1.54, 1.807) is 12.1 Å². The van der Waals surface area contributed by atoms with Crippen molar-refractivity contribution in [1.29, 1.82) is 0 Å². The molecule has 102 valence electrons. The Kier molecular flexibility index (Phi) is 5.20. The first kappa shape index (κ1) is 14.4. The SMILES string of the molecule is NC(=O)CC(NC(=O)NCc1cccnn1)C(=O)O. The number of nitrogens with one attached hydrogen (secondary N) is 2. The smallest absolute Gasteiger partial charge is 0.326 e. The molecule has 0 radical (unpaired) electrons. The third-order valence-corrected chi connectivity index (χ3v) is 2.07. The number of hydrogen-bond donors (Lipinski definition) is 4. The maximum atomic E-state index is 11.4. The van der Waals surface area contributed by atoms with Crippen molar-refractivity contribution in [2.24, 2.45) is 5.73 Å². The van der Waals surface area contributed by atoms with E-state index in [1.807, 2.05) is 0 Å². The molecular weight excluding hydrogens is 254 g/mol. The zero-order chi connectivity index (χ0) is 14.3. The lowest BCUT2D eigenvalue weighted by Gasteiger charge is -2.13. The van der Waals surface area contributed by atoms with Gasteiger partial charge in [0.05, 0.1) is 18.7 Å². The number of amides is 3. The van der Waals surface area contributed by atoms with Crippen LogP contribution in [0.4, 0.5) is 4.79 Å². The van der Waals surface area contributed by atoms with E-state index in [2.05, 4.69) is 20.8 Å². The highest BCUT2D eigenvalue weighted by Gasteiger charge is 2.21. The Balaban J connectivity index is 2.45. The van der Waals surface area contributed by atoms with E-state index in [1.165, 1.54) is 6.20 Å². The quantitative estimate of drug-likeness (QED) is 0.498. The number of nitrogens with two attached hydrogens (primary N) is 1. The molecule has 1 heterocycles. The second-order valence-electron chi connectivity index (χ2n) is 3.60. The van der Waals surface area contributed by atoms with Crippen molar-refractivity contribution in [2.45, 2.75) is 19.0 Å². The van der Waals surface area contributed by atoms with Gasteiger partial charge in [-0.3, -0.25) is 4.79 Å². The van der Waals surface area contributed by atoms with E-state index in [4.69, 9.17) is 10.8 Å². The normalized spacial score (nSPS) is 11.4. The van der Waals surface area contributed by atoms with Gasteiger partial charge in [-0.25, -0.2) is 9.59 Å². The molecule has 1 aromatic heterocycles. The van der Waals surface area contributed by atoms with Crippen LogP contribution < -0.4 is 16.4 Å². The zero-order valence-electron chi connectivity index (χ0n) is 9.87. The summed E-state index contributed by atoms with van der Waals surface area (Å²) in [7, 11) is 0. The van der Waals surface area contributed by atoms with Gasteiger partial charge in [-0.15, -0.1) is 0 Å². The number of hydrogen-bond acceptors (Lipinski definition) is 5. The summed E-state index contributed by atoms with van der Waals surface area (Å²) in [6.07, 6.45) is 1.00. The van der Waals surface area contributed by atoms with Crippen LogP contribution in [-0.4, -0.2) is 39.3 Å². The zero-order valence-corrected chi connectivity index (χ0v) is 9.87. The fourth-order valence-electron chi connectivity index (χ4n) is 1.21. The molecule has 0 bridgehead atoms. The number of urea groups is 1. The largest absolute Gasteiger partial charge is 0.480 e. The summed E-state index contributed by atoms with van der Waals surface area (Å²) < 4.78 is 0. The van der Waals surface area contributed by atoms with Crippen molar-refractivity contribution in [2.75, 3.05) is 0 Å². The Morgan fingerprint density at radius 2 is 2.16 bits per heavy atom. The second-order valence-corrected chi connectivity index (χ2v) is 3.60. The summed E-state index contributed by atoms with van der Waals surface area (Å²) in [5.41, 5.74) is 5.39. The predicted octanol–water partition coefficient (Wildman–Crippen LogP) is -1.40. The average molecular weight is 267 g/mol. The minimum atomic E-state index is -1.36. The molecule has 0 fully saturated rings. The highest BCUT2D eigenvalue weighted by atomic mass is 16.4. The molecule has 0 spiro atoms. The first-order valence-corrected chi connectivity index (χ1v) is 5.31. The minimum Gasteiger partial charge on any atom is -0.480 e. The van der Waals surface area contributed by atoms with E-state index >= 15 is 0 Å². The Labute approximate surface area is 108 Å². The molecule has 0 aromatic carbocycles. The summed E-state index contributed by atoms with van der Waals surface area (Å²) >= 11 is 0. The van der Waals surface area contributed by atoms with Crippen molar-refractivity contribution >= 4 is 17.9 Å².